The lowest BCUT2D eigenvalue weighted by Gasteiger charge is -2.41. The molecule has 3 N–H and O–H groups in total. The first-order chi connectivity index (χ1) is 6.43. The summed E-state index contributed by atoms with van der Waals surface area (Å²) in [6.07, 6.45) is 1.77. The average Bonchev–Trinajstić information content (AvgIpc) is 2.12. The number of nitrogens with zero attached hydrogens (tertiary/aromatic N) is 1. The summed E-state index contributed by atoms with van der Waals surface area (Å²) in [6, 6.07) is 0.150. The third-order valence-corrected chi connectivity index (χ3v) is 3.47. The smallest absolute Gasteiger partial charge is 0.320 e. The minimum atomic E-state index is -0.876. The van der Waals surface area contributed by atoms with Gasteiger partial charge < -0.3 is 15.7 Å². The molecule has 0 aromatic carbocycles. The van der Waals surface area contributed by atoms with Crippen LogP contribution in [0.15, 0.2) is 0 Å². The zero-order valence-electron chi connectivity index (χ0n) is 9.10. The highest BCUT2D eigenvalue weighted by Crippen LogP contribution is 2.28. The topological polar surface area (TPSA) is 66.6 Å². The molecule has 4 heteroatoms. The van der Waals surface area contributed by atoms with Gasteiger partial charge >= 0.3 is 5.97 Å². The van der Waals surface area contributed by atoms with Gasteiger partial charge in [-0.05, 0) is 39.7 Å². The fraction of sp³-hybridized carbons (Fsp3) is 0.900. The van der Waals surface area contributed by atoms with Gasteiger partial charge in [0, 0.05) is 12.1 Å². The molecule has 3 atom stereocenters. The van der Waals surface area contributed by atoms with Gasteiger partial charge in [-0.2, -0.15) is 0 Å². The molecule has 0 aromatic heterocycles. The molecule has 0 aliphatic carbocycles. The van der Waals surface area contributed by atoms with Crippen LogP contribution in [0.4, 0.5) is 0 Å². The fourth-order valence-electron chi connectivity index (χ4n) is 2.23. The lowest BCUT2D eigenvalue weighted by atomic mass is 9.83. The summed E-state index contributed by atoms with van der Waals surface area (Å²) in [5, 5.41) is 8.83. The maximum absolute atomic E-state index is 10.8. The summed E-state index contributed by atoms with van der Waals surface area (Å²) in [7, 11) is 2.08. The van der Waals surface area contributed by atoms with Crippen LogP contribution in [0.2, 0.25) is 0 Å². The molecular weight excluding hydrogens is 180 g/mol. The van der Waals surface area contributed by atoms with Crippen molar-refractivity contribution in [1.82, 2.24) is 4.90 Å². The van der Waals surface area contributed by atoms with Gasteiger partial charge in [-0.25, -0.2) is 0 Å². The van der Waals surface area contributed by atoms with Crippen molar-refractivity contribution in [3.8, 4) is 0 Å². The van der Waals surface area contributed by atoms with E-state index in [1.165, 1.54) is 0 Å². The van der Waals surface area contributed by atoms with E-state index in [2.05, 4.69) is 25.8 Å². The van der Waals surface area contributed by atoms with E-state index in [4.69, 9.17) is 10.8 Å². The van der Waals surface area contributed by atoms with Gasteiger partial charge in [0.2, 0.25) is 0 Å². The first kappa shape index (κ1) is 11.5. The predicted molar refractivity (Wildman–Crippen MR) is 55.0 cm³/mol. The second-order valence-electron chi connectivity index (χ2n) is 4.46. The van der Waals surface area contributed by atoms with E-state index in [-0.39, 0.29) is 5.92 Å². The van der Waals surface area contributed by atoms with Crippen LogP contribution in [0.1, 0.15) is 26.7 Å². The van der Waals surface area contributed by atoms with E-state index in [1.807, 2.05) is 0 Å². The second kappa shape index (κ2) is 4.28. The molecule has 1 aliphatic rings. The maximum atomic E-state index is 10.8. The number of likely N-dealkylation sites (tertiary alicyclic amines) is 1. The molecule has 82 valence electrons. The number of hydrogen-bond donors (Lipinski definition) is 2. The summed E-state index contributed by atoms with van der Waals surface area (Å²) >= 11 is 0. The van der Waals surface area contributed by atoms with Gasteiger partial charge in [-0.15, -0.1) is 0 Å². The maximum Gasteiger partial charge on any atom is 0.320 e. The fourth-order valence-corrected chi connectivity index (χ4v) is 2.23. The van der Waals surface area contributed by atoms with E-state index < -0.39 is 12.0 Å². The molecule has 0 saturated carbocycles. The number of nitrogens with two attached hydrogens (primary N) is 1. The Labute approximate surface area is 85.1 Å². The van der Waals surface area contributed by atoms with Gasteiger partial charge in [-0.3, -0.25) is 4.79 Å². The van der Waals surface area contributed by atoms with Crippen molar-refractivity contribution in [2.75, 3.05) is 7.05 Å². The summed E-state index contributed by atoms with van der Waals surface area (Å²) in [4.78, 5) is 13.0. The summed E-state index contributed by atoms with van der Waals surface area (Å²) < 4.78 is 0. The van der Waals surface area contributed by atoms with Crippen LogP contribution in [0.25, 0.3) is 0 Å². The van der Waals surface area contributed by atoms with Crippen LogP contribution in [-0.4, -0.2) is 41.1 Å². The highest BCUT2D eigenvalue weighted by molar-refractivity contribution is 5.73. The molecular formula is C10H20N2O2. The minimum absolute atomic E-state index is 0.119. The Balaban J connectivity index is 2.62. The Kier molecular flexibility index (Phi) is 3.50. The van der Waals surface area contributed by atoms with E-state index >= 15 is 0 Å². The normalized spacial score (nSPS) is 36.7. The van der Waals surface area contributed by atoms with Crippen LogP contribution in [0.3, 0.4) is 0 Å². The van der Waals surface area contributed by atoms with Gasteiger partial charge in [-0.1, -0.05) is 0 Å². The lowest BCUT2D eigenvalue weighted by molar-refractivity contribution is -0.140. The molecule has 0 spiro atoms. The molecule has 0 aromatic rings. The van der Waals surface area contributed by atoms with Crippen molar-refractivity contribution < 1.29 is 9.90 Å². The van der Waals surface area contributed by atoms with E-state index in [0.29, 0.717) is 12.1 Å². The molecule has 1 aliphatic heterocycles. The molecule has 0 amide bonds. The Hall–Kier alpha value is -0.610. The quantitative estimate of drug-likeness (QED) is 0.682. The molecule has 1 fully saturated rings. The van der Waals surface area contributed by atoms with Crippen molar-refractivity contribution >= 4 is 5.97 Å². The van der Waals surface area contributed by atoms with Crippen LogP contribution >= 0.6 is 0 Å². The summed E-state index contributed by atoms with van der Waals surface area (Å²) in [5.74, 6) is -0.757. The van der Waals surface area contributed by atoms with Crippen molar-refractivity contribution in [3.05, 3.63) is 0 Å². The second-order valence-corrected chi connectivity index (χ2v) is 4.46. The van der Waals surface area contributed by atoms with Gasteiger partial charge in [0.1, 0.15) is 6.04 Å². The van der Waals surface area contributed by atoms with Gasteiger partial charge in [0.25, 0.3) is 0 Å². The number of carboxylic acids is 1. The minimum Gasteiger partial charge on any atom is -0.480 e. The van der Waals surface area contributed by atoms with E-state index in [0.717, 1.165) is 12.8 Å². The number of aliphatic carboxylic acids is 1. The zero-order chi connectivity index (χ0) is 10.9. The molecule has 14 heavy (non-hydrogen) atoms. The first-order valence-electron chi connectivity index (χ1n) is 5.13. The van der Waals surface area contributed by atoms with Crippen molar-refractivity contribution in [2.24, 2.45) is 11.7 Å². The SMILES string of the molecule is CC1CC(C(N)C(=O)O)CC(C)N1C. The number of hydrogen-bond acceptors (Lipinski definition) is 3. The van der Waals surface area contributed by atoms with Crippen LogP contribution in [0, 0.1) is 5.92 Å². The predicted octanol–water partition coefficient (Wildman–Crippen LogP) is 0.517. The summed E-state index contributed by atoms with van der Waals surface area (Å²) in [5.41, 5.74) is 5.64. The number of carbonyl (C=O) groups is 1. The largest absolute Gasteiger partial charge is 0.480 e. The van der Waals surface area contributed by atoms with Crippen molar-refractivity contribution in [2.45, 2.75) is 44.8 Å². The highest BCUT2D eigenvalue weighted by atomic mass is 16.4. The zero-order valence-corrected chi connectivity index (χ0v) is 9.10. The summed E-state index contributed by atoms with van der Waals surface area (Å²) in [6.45, 7) is 4.24. The van der Waals surface area contributed by atoms with Crippen LogP contribution in [0.5, 0.6) is 0 Å². The van der Waals surface area contributed by atoms with Gasteiger partial charge in [0.15, 0.2) is 0 Å². The lowest BCUT2D eigenvalue weighted by Crippen LogP contribution is -2.50. The first-order valence-corrected chi connectivity index (χ1v) is 5.13. The monoisotopic (exact) mass is 200 g/mol. The Morgan fingerprint density at radius 2 is 1.86 bits per heavy atom. The number of piperidine rings is 1. The molecule has 1 rings (SSSR count). The third-order valence-electron chi connectivity index (χ3n) is 3.47. The van der Waals surface area contributed by atoms with Crippen LogP contribution < -0.4 is 5.73 Å². The standard InChI is InChI=1S/C10H20N2O2/c1-6-4-8(9(11)10(13)14)5-7(2)12(6)3/h6-9H,4-5,11H2,1-3H3,(H,13,14). The molecule has 0 radical (unpaired) electrons. The Morgan fingerprint density at radius 1 is 1.43 bits per heavy atom. The number of carboxylic acid groups (broad SMARTS) is 1. The Bertz CT molecular complexity index is 208. The molecule has 4 nitrogen and oxygen atoms in total. The van der Waals surface area contributed by atoms with E-state index in [1.54, 1.807) is 0 Å². The van der Waals surface area contributed by atoms with Crippen molar-refractivity contribution in [1.29, 1.82) is 0 Å². The van der Waals surface area contributed by atoms with E-state index in [9.17, 15) is 4.79 Å². The molecule has 3 unspecified atom stereocenters. The third kappa shape index (κ3) is 2.25. The van der Waals surface area contributed by atoms with Crippen LogP contribution in [-0.2, 0) is 4.79 Å². The molecule has 1 heterocycles. The number of rotatable bonds is 2. The Morgan fingerprint density at radius 3 is 2.21 bits per heavy atom. The molecule has 0 bridgehead atoms. The average molecular weight is 200 g/mol. The molecule has 1 saturated heterocycles. The van der Waals surface area contributed by atoms with Gasteiger partial charge in [0.05, 0.1) is 0 Å². The highest BCUT2D eigenvalue weighted by Gasteiger charge is 2.34. The van der Waals surface area contributed by atoms with Crippen molar-refractivity contribution in [3.63, 3.8) is 0 Å².